The molecule has 5 rings (SSSR count). The Morgan fingerprint density at radius 3 is 2.48 bits per heavy atom. The molecule has 0 aliphatic carbocycles. The van der Waals surface area contributed by atoms with Crippen molar-refractivity contribution in [2.24, 2.45) is 0 Å². The van der Waals surface area contributed by atoms with Gasteiger partial charge in [-0.15, -0.1) is 10.2 Å². The van der Waals surface area contributed by atoms with E-state index in [9.17, 15) is 8.42 Å². The summed E-state index contributed by atoms with van der Waals surface area (Å²) in [7, 11) is -3.87. The highest BCUT2D eigenvalue weighted by Gasteiger charge is 2.17. The summed E-state index contributed by atoms with van der Waals surface area (Å²) < 4.78 is 29.8. The third kappa shape index (κ3) is 4.25. The summed E-state index contributed by atoms with van der Waals surface area (Å²) in [5.74, 6) is 0.504. The smallest absolute Gasteiger partial charge is 0.261 e. The molecule has 33 heavy (non-hydrogen) atoms. The van der Waals surface area contributed by atoms with E-state index in [1.807, 2.05) is 24.3 Å². The maximum absolute atomic E-state index is 12.8. The molecule has 2 aromatic carbocycles. The predicted octanol–water partition coefficient (Wildman–Crippen LogP) is 4.96. The van der Waals surface area contributed by atoms with E-state index in [1.165, 1.54) is 18.2 Å². The molecule has 0 saturated heterocycles. The summed E-state index contributed by atoms with van der Waals surface area (Å²) in [5.41, 5.74) is 2.88. The summed E-state index contributed by atoms with van der Waals surface area (Å²) >= 11 is 11.9. The lowest BCUT2D eigenvalue weighted by Crippen LogP contribution is -2.13. The van der Waals surface area contributed by atoms with Gasteiger partial charge in [-0.05, 0) is 54.6 Å². The van der Waals surface area contributed by atoms with E-state index in [2.05, 4.69) is 25.0 Å². The van der Waals surface area contributed by atoms with Gasteiger partial charge in [-0.2, -0.15) is 9.61 Å². The van der Waals surface area contributed by atoms with Crippen molar-refractivity contribution in [3.05, 3.63) is 89.0 Å². The SMILES string of the molecule is O=S(=O)(Nc1cccc(-c2ccc3nnc(-c4ccccn4)n3n2)c1)c1ccc(Cl)c(Cl)c1. The Morgan fingerprint density at radius 1 is 0.818 bits per heavy atom. The molecule has 0 fully saturated rings. The number of pyridine rings is 1. The first-order valence-corrected chi connectivity index (χ1v) is 11.9. The average Bonchev–Trinajstić information content (AvgIpc) is 3.24. The lowest BCUT2D eigenvalue weighted by atomic mass is 10.1. The zero-order valence-electron chi connectivity index (χ0n) is 16.7. The Morgan fingerprint density at radius 2 is 1.70 bits per heavy atom. The fourth-order valence-corrected chi connectivity index (χ4v) is 4.64. The average molecular weight is 497 g/mol. The van der Waals surface area contributed by atoms with Crippen LogP contribution in [0.1, 0.15) is 0 Å². The molecule has 0 radical (unpaired) electrons. The van der Waals surface area contributed by atoms with Gasteiger partial charge in [0.2, 0.25) is 5.82 Å². The van der Waals surface area contributed by atoms with Crippen LogP contribution < -0.4 is 4.72 Å². The molecule has 164 valence electrons. The first-order chi connectivity index (χ1) is 15.9. The molecule has 0 aliphatic heterocycles. The zero-order chi connectivity index (χ0) is 23.0. The number of hydrogen-bond acceptors (Lipinski definition) is 6. The normalized spacial score (nSPS) is 11.6. The number of hydrogen-bond donors (Lipinski definition) is 1. The molecule has 0 amide bonds. The summed E-state index contributed by atoms with van der Waals surface area (Å²) in [6.45, 7) is 0. The Kier molecular flexibility index (Phi) is 5.45. The monoisotopic (exact) mass is 496 g/mol. The van der Waals surface area contributed by atoms with Gasteiger partial charge in [-0.1, -0.05) is 41.4 Å². The number of benzene rings is 2. The van der Waals surface area contributed by atoms with Gasteiger partial charge in [0.05, 0.1) is 20.6 Å². The molecular formula is C22H14Cl2N6O2S. The van der Waals surface area contributed by atoms with Crippen LogP contribution >= 0.6 is 23.2 Å². The molecule has 1 N–H and O–H groups in total. The van der Waals surface area contributed by atoms with Crippen LogP contribution in [0.25, 0.3) is 28.4 Å². The number of nitrogens with zero attached hydrogens (tertiary/aromatic N) is 5. The summed E-state index contributed by atoms with van der Waals surface area (Å²) in [4.78, 5) is 4.32. The molecule has 0 unspecified atom stereocenters. The molecule has 5 aromatic rings. The summed E-state index contributed by atoms with van der Waals surface area (Å²) in [6, 6.07) is 20.1. The molecule has 3 heterocycles. The van der Waals surface area contributed by atoms with E-state index in [4.69, 9.17) is 23.2 Å². The second-order valence-electron chi connectivity index (χ2n) is 6.99. The van der Waals surface area contributed by atoms with Crippen molar-refractivity contribution in [3.63, 3.8) is 0 Å². The van der Waals surface area contributed by atoms with Crippen LogP contribution in [-0.4, -0.2) is 33.2 Å². The maximum Gasteiger partial charge on any atom is 0.261 e. The Bertz CT molecular complexity index is 1590. The first-order valence-electron chi connectivity index (χ1n) is 9.63. The van der Waals surface area contributed by atoms with Gasteiger partial charge < -0.3 is 0 Å². The summed E-state index contributed by atoms with van der Waals surface area (Å²) in [5, 5.41) is 13.4. The standard InChI is InChI=1S/C22H14Cl2N6O2S/c23-17-8-7-16(13-18(17)24)33(31,32)29-15-5-3-4-14(12-15)19-9-10-21-26-27-22(30(21)28-19)20-6-1-2-11-25-20/h1-13,29H. The van der Waals surface area contributed by atoms with Crippen molar-refractivity contribution in [2.45, 2.75) is 4.90 Å². The topological polar surface area (TPSA) is 102 Å². The zero-order valence-corrected chi connectivity index (χ0v) is 19.1. The van der Waals surface area contributed by atoms with Crippen LogP contribution in [0.15, 0.2) is 83.9 Å². The van der Waals surface area contributed by atoms with Crippen LogP contribution in [0.4, 0.5) is 5.69 Å². The third-order valence-electron chi connectivity index (χ3n) is 4.77. The number of nitrogens with one attached hydrogen (secondary N) is 1. The maximum atomic E-state index is 12.8. The molecule has 0 aliphatic rings. The Labute approximate surface area is 198 Å². The minimum absolute atomic E-state index is 0.00587. The predicted molar refractivity (Wildman–Crippen MR) is 127 cm³/mol. The van der Waals surface area contributed by atoms with Crippen LogP contribution in [-0.2, 0) is 10.0 Å². The van der Waals surface area contributed by atoms with Crippen molar-refractivity contribution < 1.29 is 8.42 Å². The van der Waals surface area contributed by atoms with Crippen LogP contribution in [0.2, 0.25) is 10.0 Å². The number of rotatable bonds is 5. The van der Waals surface area contributed by atoms with Crippen LogP contribution in [0.3, 0.4) is 0 Å². The molecule has 0 bridgehead atoms. The molecule has 8 nitrogen and oxygen atoms in total. The quantitative estimate of drug-likeness (QED) is 0.368. The molecule has 3 aromatic heterocycles. The molecule has 0 atom stereocenters. The van der Waals surface area contributed by atoms with Crippen LogP contribution in [0, 0.1) is 0 Å². The molecular weight excluding hydrogens is 483 g/mol. The second-order valence-corrected chi connectivity index (χ2v) is 9.49. The van der Waals surface area contributed by atoms with E-state index in [0.29, 0.717) is 34.1 Å². The van der Waals surface area contributed by atoms with Gasteiger partial charge in [-0.25, -0.2) is 8.42 Å². The van der Waals surface area contributed by atoms with Crippen molar-refractivity contribution in [3.8, 4) is 22.8 Å². The molecule has 0 saturated carbocycles. The highest BCUT2D eigenvalue weighted by molar-refractivity contribution is 7.92. The van der Waals surface area contributed by atoms with Gasteiger partial charge >= 0.3 is 0 Å². The highest BCUT2D eigenvalue weighted by Crippen LogP contribution is 2.27. The van der Waals surface area contributed by atoms with E-state index >= 15 is 0 Å². The summed E-state index contributed by atoms with van der Waals surface area (Å²) in [6.07, 6.45) is 1.67. The number of halogens is 2. The fourth-order valence-electron chi connectivity index (χ4n) is 3.20. The van der Waals surface area contributed by atoms with Gasteiger partial charge in [-0.3, -0.25) is 9.71 Å². The number of anilines is 1. The van der Waals surface area contributed by atoms with Gasteiger partial charge in [0.1, 0.15) is 5.69 Å². The minimum Gasteiger partial charge on any atom is -0.280 e. The van der Waals surface area contributed by atoms with Crippen molar-refractivity contribution in [1.29, 1.82) is 0 Å². The van der Waals surface area contributed by atoms with E-state index in [0.717, 1.165) is 0 Å². The highest BCUT2D eigenvalue weighted by atomic mass is 35.5. The number of aromatic nitrogens is 5. The van der Waals surface area contributed by atoms with Gasteiger partial charge in [0, 0.05) is 17.4 Å². The number of sulfonamides is 1. The van der Waals surface area contributed by atoms with E-state index < -0.39 is 10.0 Å². The number of fused-ring (bicyclic) bond motifs is 1. The van der Waals surface area contributed by atoms with Crippen molar-refractivity contribution in [2.75, 3.05) is 4.72 Å². The van der Waals surface area contributed by atoms with Gasteiger partial charge in [0.15, 0.2) is 5.65 Å². The third-order valence-corrected chi connectivity index (χ3v) is 6.89. The first kappa shape index (κ1) is 21.3. The van der Waals surface area contributed by atoms with Crippen molar-refractivity contribution >= 4 is 44.6 Å². The van der Waals surface area contributed by atoms with E-state index in [-0.39, 0.29) is 14.9 Å². The lowest BCUT2D eigenvalue weighted by Gasteiger charge is -2.10. The largest absolute Gasteiger partial charge is 0.280 e. The van der Waals surface area contributed by atoms with E-state index in [1.54, 1.807) is 41.0 Å². The van der Waals surface area contributed by atoms with Gasteiger partial charge in [0.25, 0.3) is 10.0 Å². The Balaban J connectivity index is 1.49. The van der Waals surface area contributed by atoms with Crippen LogP contribution in [0.5, 0.6) is 0 Å². The lowest BCUT2D eigenvalue weighted by molar-refractivity contribution is 0.601. The van der Waals surface area contributed by atoms with Crippen molar-refractivity contribution in [1.82, 2.24) is 24.8 Å². The second kappa shape index (κ2) is 8.43. The fraction of sp³-hybridized carbons (Fsp3) is 0. The molecule has 11 heteroatoms. The Hall–Kier alpha value is -3.53. The molecule has 0 spiro atoms. The minimum atomic E-state index is -3.87.